The van der Waals surface area contributed by atoms with Crippen molar-refractivity contribution in [3.05, 3.63) is 0 Å². The van der Waals surface area contributed by atoms with Gasteiger partial charge < -0.3 is 16.2 Å². The van der Waals surface area contributed by atoms with Gasteiger partial charge in [-0.3, -0.25) is 19.2 Å². The Morgan fingerprint density at radius 2 is 1.78 bits per heavy atom. The summed E-state index contributed by atoms with van der Waals surface area (Å²) in [5.74, 6) is -2.26. The summed E-state index contributed by atoms with van der Waals surface area (Å²) in [5.41, 5.74) is 5.46. The molecule has 102 valence electrons. The maximum absolute atomic E-state index is 11.6. The lowest BCUT2D eigenvalue weighted by molar-refractivity contribution is -0.137. The highest BCUT2D eigenvalue weighted by Crippen LogP contribution is 2.00. The third kappa shape index (κ3) is 6.74. The fraction of sp³-hybridized carbons (Fsp3) is 0.636. The van der Waals surface area contributed by atoms with Crippen LogP contribution in [0.3, 0.4) is 0 Å². The van der Waals surface area contributed by atoms with E-state index in [4.69, 9.17) is 10.8 Å². The van der Waals surface area contributed by atoms with Gasteiger partial charge in [-0.25, -0.2) is 0 Å². The first kappa shape index (κ1) is 16.2. The molecule has 0 aromatic carbocycles. The van der Waals surface area contributed by atoms with Crippen molar-refractivity contribution in [3.63, 3.8) is 0 Å². The third-order valence-corrected chi connectivity index (χ3v) is 2.30. The maximum Gasteiger partial charge on any atom is 0.303 e. The van der Waals surface area contributed by atoms with Crippen LogP contribution < -0.4 is 11.1 Å². The highest BCUT2D eigenvalue weighted by molar-refractivity contribution is 5.92. The highest BCUT2D eigenvalue weighted by Gasteiger charge is 2.22. The number of carboxylic acid groups (broad SMARTS) is 1. The molecule has 0 fully saturated rings. The summed E-state index contributed by atoms with van der Waals surface area (Å²) in [6, 6.07) is -1.90. The minimum atomic E-state index is -1.05. The molecule has 0 saturated carbocycles. The Balaban J connectivity index is 4.40. The maximum atomic E-state index is 11.6. The largest absolute Gasteiger partial charge is 0.481 e. The van der Waals surface area contributed by atoms with E-state index in [1.54, 1.807) is 0 Å². The van der Waals surface area contributed by atoms with E-state index in [-0.39, 0.29) is 30.8 Å². The molecule has 18 heavy (non-hydrogen) atoms. The Kier molecular flexibility index (Phi) is 6.81. The van der Waals surface area contributed by atoms with Gasteiger partial charge in [-0.2, -0.15) is 0 Å². The second-order valence-corrected chi connectivity index (χ2v) is 4.12. The van der Waals surface area contributed by atoms with Gasteiger partial charge in [0.05, 0.1) is 12.1 Å². The summed E-state index contributed by atoms with van der Waals surface area (Å²) in [4.78, 5) is 44.0. The van der Waals surface area contributed by atoms with Crippen molar-refractivity contribution in [2.45, 2.75) is 45.2 Å². The van der Waals surface area contributed by atoms with Crippen LogP contribution in [0.15, 0.2) is 0 Å². The van der Waals surface area contributed by atoms with Gasteiger partial charge in [0.15, 0.2) is 5.78 Å². The van der Waals surface area contributed by atoms with Crippen molar-refractivity contribution in [2.75, 3.05) is 0 Å². The molecule has 0 aromatic rings. The zero-order chi connectivity index (χ0) is 14.3. The Morgan fingerprint density at radius 3 is 2.17 bits per heavy atom. The molecule has 0 aliphatic carbocycles. The lowest BCUT2D eigenvalue weighted by Crippen LogP contribution is -2.48. The summed E-state index contributed by atoms with van der Waals surface area (Å²) in [6.07, 6.45) is -0.342. The van der Waals surface area contributed by atoms with Crippen LogP contribution in [-0.2, 0) is 19.2 Å². The molecule has 7 nitrogen and oxygen atoms in total. The van der Waals surface area contributed by atoms with Crippen LogP contribution in [0.1, 0.15) is 33.1 Å². The van der Waals surface area contributed by atoms with Gasteiger partial charge in [0.25, 0.3) is 0 Å². The van der Waals surface area contributed by atoms with Gasteiger partial charge in [-0.05, 0) is 20.3 Å². The number of amides is 1. The van der Waals surface area contributed by atoms with Crippen LogP contribution in [0.5, 0.6) is 0 Å². The number of Topliss-reactive ketones (excluding diaryl/α,β-unsaturated/α-hetero) is 2. The Bertz CT molecular complexity index is 353. The van der Waals surface area contributed by atoms with Gasteiger partial charge in [-0.15, -0.1) is 0 Å². The van der Waals surface area contributed by atoms with Gasteiger partial charge in [-0.1, -0.05) is 0 Å². The topological polar surface area (TPSA) is 127 Å². The third-order valence-electron chi connectivity index (χ3n) is 2.30. The number of hydrogen-bond donors (Lipinski definition) is 3. The Morgan fingerprint density at radius 1 is 1.22 bits per heavy atom. The molecule has 0 unspecified atom stereocenters. The van der Waals surface area contributed by atoms with Crippen LogP contribution in [-0.4, -0.2) is 40.6 Å². The average Bonchev–Trinajstić information content (AvgIpc) is 2.21. The number of ketones is 2. The smallest absolute Gasteiger partial charge is 0.303 e. The Labute approximate surface area is 105 Å². The molecule has 0 rings (SSSR count). The number of nitrogens with one attached hydrogen (secondary N) is 1. The molecule has 0 bridgehead atoms. The lowest BCUT2D eigenvalue weighted by atomic mass is 10.1. The molecule has 4 N–H and O–H groups in total. The first-order valence-corrected chi connectivity index (χ1v) is 5.51. The molecule has 0 heterocycles. The number of carbonyl (C=O) groups is 4. The number of nitrogens with two attached hydrogens (primary N) is 1. The summed E-state index contributed by atoms with van der Waals surface area (Å²) >= 11 is 0. The predicted molar refractivity (Wildman–Crippen MR) is 62.8 cm³/mol. The fourth-order valence-corrected chi connectivity index (χ4v) is 1.33. The fourth-order valence-electron chi connectivity index (χ4n) is 1.33. The molecule has 0 saturated heterocycles. The van der Waals surface area contributed by atoms with Crippen LogP contribution in [0.2, 0.25) is 0 Å². The number of rotatable bonds is 8. The van der Waals surface area contributed by atoms with Crippen molar-refractivity contribution >= 4 is 23.4 Å². The number of aliphatic carboxylic acids is 1. The van der Waals surface area contributed by atoms with Crippen molar-refractivity contribution in [1.82, 2.24) is 5.32 Å². The average molecular weight is 258 g/mol. The molecule has 0 spiro atoms. The van der Waals surface area contributed by atoms with E-state index in [0.717, 1.165) is 0 Å². The second kappa shape index (κ2) is 7.54. The molecule has 0 aliphatic rings. The zero-order valence-electron chi connectivity index (χ0n) is 10.4. The van der Waals surface area contributed by atoms with E-state index < -0.39 is 24.0 Å². The molecular formula is C11H18N2O5. The standard InChI is InChI=1S/C11H18N2O5/c1-6(14)5-8(12)11(18)13-9(7(2)15)3-4-10(16)17/h8-9H,3-5,12H2,1-2H3,(H,13,18)(H,16,17)/t8-,9-/m0/s1. The molecule has 0 aliphatic heterocycles. The molecule has 0 radical (unpaired) electrons. The van der Waals surface area contributed by atoms with E-state index in [1.807, 2.05) is 0 Å². The van der Waals surface area contributed by atoms with Gasteiger partial charge in [0, 0.05) is 12.8 Å². The SMILES string of the molecule is CC(=O)C[C@H](N)C(=O)N[C@@H](CCC(=O)O)C(C)=O. The predicted octanol–water partition coefficient (Wildman–Crippen LogP) is -0.769. The minimum absolute atomic E-state index is 0.00317. The van der Waals surface area contributed by atoms with E-state index in [9.17, 15) is 19.2 Å². The van der Waals surface area contributed by atoms with Crippen LogP contribution in [0, 0.1) is 0 Å². The van der Waals surface area contributed by atoms with Crippen molar-refractivity contribution in [1.29, 1.82) is 0 Å². The van der Waals surface area contributed by atoms with E-state index in [1.165, 1.54) is 13.8 Å². The summed E-state index contributed by atoms with van der Waals surface area (Å²) in [6.45, 7) is 2.56. The number of carboxylic acids is 1. The monoisotopic (exact) mass is 258 g/mol. The number of hydrogen-bond acceptors (Lipinski definition) is 5. The van der Waals surface area contributed by atoms with Crippen molar-refractivity contribution in [3.8, 4) is 0 Å². The Hall–Kier alpha value is -1.76. The molecule has 1 amide bonds. The molecule has 0 aromatic heterocycles. The van der Waals surface area contributed by atoms with Gasteiger partial charge in [0.2, 0.25) is 5.91 Å². The first-order valence-electron chi connectivity index (χ1n) is 5.51. The summed E-state index contributed by atoms with van der Waals surface area (Å²) in [5, 5.41) is 10.9. The second-order valence-electron chi connectivity index (χ2n) is 4.12. The summed E-state index contributed by atoms with van der Waals surface area (Å²) < 4.78 is 0. The first-order chi connectivity index (χ1) is 8.23. The lowest BCUT2D eigenvalue weighted by Gasteiger charge is -2.17. The van der Waals surface area contributed by atoms with Crippen LogP contribution >= 0.6 is 0 Å². The highest BCUT2D eigenvalue weighted by atomic mass is 16.4. The van der Waals surface area contributed by atoms with Crippen molar-refractivity contribution < 1.29 is 24.3 Å². The summed E-state index contributed by atoms with van der Waals surface area (Å²) in [7, 11) is 0. The van der Waals surface area contributed by atoms with Crippen molar-refractivity contribution in [2.24, 2.45) is 5.73 Å². The van der Waals surface area contributed by atoms with Crippen LogP contribution in [0.25, 0.3) is 0 Å². The minimum Gasteiger partial charge on any atom is -0.481 e. The zero-order valence-corrected chi connectivity index (χ0v) is 10.4. The van der Waals surface area contributed by atoms with E-state index >= 15 is 0 Å². The van der Waals surface area contributed by atoms with Crippen LogP contribution in [0.4, 0.5) is 0 Å². The van der Waals surface area contributed by atoms with E-state index in [2.05, 4.69) is 5.32 Å². The van der Waals surface area contributed by atoms with Gasteiger partial charge in [0.1, 0.15) is 5.78 Å². The van der Waals surface area contributed by atoms with Gasteiger partial charge >= 0.3 is 5.97 Å². The molecular weight excluding hydrogens is 240 g/mol. The molecule has 2 atom stereocenters. The van der Waals surface area contributed by atoms with E-state index in [0.29, 0.717) is 0 Å². The molecule has 7 heteroatoms. The quantitative estimate of drug-likeness (QED) is 0.524. The number of carbonyl (C=O) groups excluding carboxylic acids is 3. The normalized spacial score (nSPS) is 13.5.